The van der Waals surface area contributed by atoms with Crippen molar-refractivity contribution in [3.63, 3.8) is 0 Å². The summed E-state index contributed by atoms with van der Waals surface area (Å²) in [6.45, 7) is 1.77. The first-order valence-corrected chi connectivity index (χ1v) is 12.2. The van der Waals surface area contributed by atoms with Crippen molar-refractivity contribution in [1.82, 2.24) is 25.4 Å². The van der Waals surface area contributed by atoms with E-state index in [0.717, 1.165) is 42.1 Å². The molecule has 1 unspecified atom stereocenters. The second-order valence-corrected chi connectivity index (χ2v) is 9.77. The number of benzene rings is 1. The fourth-order valence-electron chi connectivity index (χ4n) is 3.62. The van der Waals surface area contributed by atoms with Crippen LogP contribution < -0.4 is 10.6 Å². The third-order valence-corrected chi connectivity index (χ3v) is 7.13. The molecule has 7 nitrogen and oxygen atoms in total. The largest absolute Gasteiger partial charge is 0.335 e. The Morgan fingerprint density at radius 1 is 1.10 bits per heavy atom. The van der Waals surface area contributed by atoms with Gasteiger partial charge in [-0.15, -0.1) is 21.5 Å². The van der Waals surface area contributed by atoms with Crippen LogP contribution in [0.5, 0.6) is 0 Å². The predicted molar refractivity (Wildman–Crippen MR) is 124 cm³/mol. The normalized spacial score (nSPS) is 15.4. The number of rotatable bonds is 6. The number of nitrogens with zero attached hydrogens (tertiary/aromatic N) is 3. The molecule has 2 heterocycles. The minimum Gasteiger partial charge on any atom is -0.335 e. The summed E-state index contributed by atoms with van der Waals surface area (Å²) in [6.07, 6.45) is 5.39. The van der Waals surface area contributed by atoms with E-state index in [2.05, 4.69) is 20.8 Å². The lowest BCUT2D eigenvalue weighted by atomic mass is 9.96. The number of carbonyl (C=O) groups excluding carboxylic acids is 2. The van der Waals surface area contributed by atoms with Gasteiger partial charge >= 0.3 is 6.03 Å². The molecule has 9 heteroatoms. The maximum Gasteiger partial charge on any atom is 0.321 e. The number of aromatic nitrogens is 3. The number of carbonyl (C=O) groups is 2. The van der Waals surface area contributed by atoms with Crippen molar-refractivity contribution in [2.24, 2.45) is 0 Å². The number of thiophene rings is 1. The molecule has 0 spiro atoms. The molecule has 2 aromatic heterocycles. The minimum atomic E-state index is -0.514. The summed E-state index contributed by atoms with van der Waals surface area (Å²) in [7, 11) is 0. The number of hydrogen-bond acceptors (Lipinski definition) is 6. The Kier molecular flexibility index (Phi) is 7.03. The van der Waals surface area contributed by atoms with Crippen LogP contribution in [-0.2, 0) is 4.79 Å². The van der Waals surface area contributed by atoms with Gasteiger partial charge in [-0.05, 0) is 43.3 Å². The summed E-state index contributed by atoms with van der Waals surface area (Å²) in [5.74, 6) is 0.380. The van der Waals surface area contributed by atoms with Crippen molar-refractivity contribution < 1.29 is 9.59 Å². The van der Waals surface area contributed by atoms with Gasteiger partial charge in [-0.25, -0.2) is 4.79 Å². The molecule has 3 amide bonds. The van der Waals surface area contributed by atoms with Crippen LogP contribution in [0.4, 0.5) is 4.79 Å². The first-order chi connectivity index (χ1) is 15.1. The molecule has 162 valence electrons. The monoisotopic (exact) mass is 455 g/mol. The molecule has 31 heavy (non-hydrogen) atoms. The molecule has 1 fully saturated rings. The average molecular weight is 456 g/mol. The average Bonchev–Trinajstić information content (AvgIpc) is 3.45. The number of hydrogen-bond donors (Lipinski definition) is 2. The number of nitrogens with one attached hydrogen (secondary N) is 2. The standard InChI is InChI=1S/C22H25N5O2S2/c1-15(20(28)24-21(29)23-16-9-4-2-5-10-16)31-22-26-25-19(18-13-8-14-30-18)27(22)17-11-6-3-7-12-17/h3,6-8,11-16H,2,4-5,9-10H2,1H3,(H2,23,24,28,29). The topological polar surface area (TPSA) is 88.9 Å². The van der Waals surface area contributed by atoms with Crippen LogP contribution in [0.1, 0.15) is 39.0 Å². The van der Waals surface area contributed by atoms with Crippen molar-refractivity contribution in [2.75, 3.05) is 0 Å². The molecule has 4 rings (SSSR count). The highest BCUT2D eigenvalue weighted by molar-refractivity contribution is 8.00. The van der Waals surface area contributed by atoms with Crippen molar-refractivity contribution in [2.45, 2.75) is 55.5 Å². The van der Waals surface area contributed by atoms with Gasteiger partial charge in [-0.3, -0.25) is 14.7 Å². The van der Waals surface area contributed by atoms with Gasteiger partial charge in [0.1, 0.15) is 0 Å². The Hall–Kier alpha value is -2.65. The van der Waals surface area contributed by atoms with E-state index in [1.807, 2.05) is 52.4 Å². The van der Waals surface area contributed by atoms with Gasteiger partial charge in [-0.1, -0.05) is 55.3 Å². The van der Waals surface area contributed by atoms with E-state index in [9.17, 15) is 9.59 Å². The van der Waals surface area contributed by atoms with Crippen molar-refractivity contribution >= 4 is 35.0 Å². The highest BCUT2D eigenvalue weighted by Crippen LogP contribution is 2.32. The third kappa shape index (κ3) is 5.34. The summed E-state index contributed by atoms with van der Waals surface area (Å²) in [4.78, 5) is 25.9. The number of urea groups is 1. The Morgan fingerprint density at radius 3 is 2.58 bits per heavy atom. The van der Waals surface area contributed by atoms with Crippen molar-refractivity contribution in [1.29, 1.82) is 0 Å². The minimum absolute atomic E-state index is 0.152. The first-order valence-electron chi connectivity index (χ1n) is 10.4. The van der Waals surface area contributed by atoms with Crippen molar-refractivity contribution in [3.05, 3.63) is 47.8 Å². The van der Waals surface area contributed by atoms with E-state index in [1.165, 1.54) is 18.2 Å². The smallest absolute Gasteiger partial charge is 0.321 e. The fraction of sp³-hybridized carbons (Fsp3) is 0.364. The van der Waals surface area contributed by atoms with Crippen LogP contribution in [0.25, 0.3) is 16.4 Å². The zero-order chi connectivity index (χ0) is 21.6. The Balaban J connectivity index is 1.47. The Bertz CT molecular complexity index is 1010. The lowest BCUT2D eigenvalue weighted by Crippen LogP contribution is -2.47. The molecule has 1 aliphatic rings. The van der Waals surface area contributed by atoms with E-state index in [4.69, 9.17) is 0 Å². The zero-order valence-corrected chi connectivity index (χ0v) is 18.9. The Morgan fingerprint density at radius 2 is 1.87 bits per heavy atom. The van der Waals surface area contributed by atoms with E-state index in [1.54, 1.807) is 18.3 Å². The molecular formula is C22H25N5O2S2. The van der Waals surface area contributed by atoms with Gasteiger partial charge in [-0.2, -0.15) is 0 Å². The quantitative estimate of drug-likeness (QED) is 0.529. The van der Waals surface area contributed by atoms with Crippen LogP contribution in [-0.4, -0.2) is 38.0 Å². The predicted octanol–water partition coefficient (Wildman–Crippen LogP) is 4.63. The first kappa shape index (κ1) is 21.6. The molecule has 0 saturated heterocycles. The van der Waals surface area contributed by atoms with E-state index in [0.29, 0.717) is 5.16 Å². The molecular weight excluding hydrogens is 430 g/mol. The highest BCUT2D eigenvalue weighted by Gasteiger charge is 2.24. The maximum atomic E-state index is 12.6. The fourth-order valence-corrected chi connectivity index (χ4v) is 5.18. The van der Waals surface area contributed by atoms with Crippen LogP contribution in [0.15, 0.2) is 53.0 Å². The van der Waals surface area contributed by atoms with E-state index < -0.39 is 11.3 Å². The van der Waals surface area contributed by atoms with Crippen LogP contribution >= 0.6 is 23.1 Å². The molecule has 1 saturated carbocycles. The summed E-state index contributed by atoms with van der Waals surface area (Å²) in [6, 6.07) is 13.5. The molecule has 0 aliphatic heterocycles. The number of thioether (sulfide) groups is 1. The Labute approximate surface area is 189 Å². The molecule has 0 bridgehead atoms. The van der Waals surface area contributed by atoms with Crippen LogP contribution in [0.3, 0.4) is 0 Å². The van der Waals surface area contributed by atoms with Gasteiger partial charge in [0, 0.05) is 11.7 Å². The lowest BCUT2D eigenvalue weighted by molar-refractivity contribution is -0.119. The number of amides is 3. The lowest BCUT2D eigenvalue weighted by Gasteiger charge is -2.23. The molecule has 2 N–H and O–H groups in total. The van der Waals surface area contributed by atoms with E-state index >= 15 is 0 Å². The molecule has 1 aliphatic carbocycles. The summed E-state index contributed by atoms with van der Waals surface area (Å²) >= 11 is 2.86. The van der Waals surface area contributed by atoms with Gasteiger partial charge < -0.3 is 5.32 Å². The molecule has 3 aromatic rings. The summed E-state index contributed by atoms with van der Waals surface area (Å²) in [5, 5.41) is 16.2. The maximum absolute atomic E-state index is 12.6. The molecule has 1 aromatic carbocycles. The molecule has 1 atom stereocenters. The summed E-state index contributed by atoms with van der Waals surface area (Å²) < 4.78 is 1.95. The van der Waals surface area contributed by atoms with Crippen LogP contribution in [0.2, 0.25) is 0 Å². The molecule has 0 radical (unpaired) electrons. The van der Waals surface area contributed by atoms with Crippen molar-refractivity contribution in [3.8, 4) is 16.4 Å². The van der Waals surface area contributed by atoms with Gasteiger partial charge in [0.15, 0.2) is 11.0 Å². The van der Waals surface area contributed by atoms with Gasteiger partial charge in [0.25, 0.3) is 0 Å². The zero-order valence-electron chi connectivity index (χ0n) is 17.3. The SMILES string of the molecule is CC(Sc1nnc(-c2cccs2)n1-c1ccccc1)C(=O)NC(=O)NC1CCCCC1. The van der Waals surface area contributed by atoms with E-state index in [-0.39, 0.29) is 11.9 Å². The second kappa shape index (κ2) is 10.1. The summed E-state index contributed by atoms with van der Waals surface area (Å²) in [5.41, 5.74) is 0.918. The highest BCUT2D eigenvalue weighted by atomic mass is 32.2. The number of para-hydroxylation sites is 1. The second-order valence-electron chi connectivity index (χ2n) is 7.51. The third-order valence-electron chi connectivity index (χ3n) is 5.22. The van der Waals surface area contributed by atoms with Gasteiger partial charge in [0.2, 0.25) is 5.91 Å². The van der Waals surface area contributed by atoms with Gasteiger partial charge in [0.05, 0.1) is 10.1 Å². The number of imide groups is 1. The van der Waals surface area contributed by atoms with Crippen LogP contribution in [0, 0.1) is 0 Å².